The third-order valence-corrected chi connectivity index (χ3v) is 3.74. The zero-order valence-corrected chi connectivity index (χ0v) is 10.9. The predicted molar refractivity (Wildman–Crippen MR) is 73.5 cm³/mol. The Morgan fingerprint density at radius 2 is 2.25 bits per heavy atom. The van der Waals surface area contributed by atoms with Gasteiger partial charge in [0.2, 0.25) is 0 Å². The van der Waals surface area contributed by atoms with Crippen LogP contribution in [0.5, 0.6) is 0 Å². The number of piperidine rings is 1. The fourth-order valence-corrected chi connectivity index (χ4v) is 2.71. The van der Waals surface area contributed by atoms with Crippen molar-refractivity contribution < 1.29 is 14.3 Å². The molecule has 0 saturated carbocycles. The summed E-state index contributed by atoms with van der Waals surface area (Å²) in [6.07, 6.45) is 2.04. The van der Waals surface area contributed by atoms with E-state index in [1.807, 2.05) is 0 Å². The van der Waals surface area contributed by atoms with E-state index in [1.54, 1.807) is 6.07 Å². The first-order valence-corrected chi connectivity index (χ1v) is 6.69. The number of rotatable bonds is 2. The molecule has 1 unspecified atom stereocenters. The van der Waals surface area contributed by atoms with Gasteiger partial charge in [0.05, 0.1) is 11.1 Å². The highest BCUT2D eigenvalue weighted by Crippen LogP contribution is 2.27. The number of nitrogens with one attached hydrogen (secondary N) is 1. The fourth-order valence-electron chi connectivity index (χ4n) is 2.71. The quantitative estimate of drug-likeness (QED) is 0.883. The predicted octanol–water partition coefficient (Wildman–Crippen LogP) is 2.54. The van der Waals surface area contributed by atoms with Gasteiger partial charge in [-0.1, -0.05) is 0 Å². The lowest BCUT2D eigenvalue weighted by atomic mass is 9.93. The minimum atomic E-state index is -1.05. The molecule has 0 aliphatic carbocycles. The van der Waals surface area contributed by atoms with E-state index in [0.29, 0.717) is 10.9 Å². The van der Waals surface area contributed by atoms with E-state index in [-0.39, 0.29) is 11.5 Å². The van der Waals surface area contributed by atoms with E-state index >= 15 is 0 Å². The standard InChI is InChI=1S/C15H15FN2O2/c16-10-3-4-13-11(6-10)12(15(19)20)7-14(18-13)9-2-1-5-17-8-9/h3-4,6-7,9,17H,1-2,5,8H2,(H,19,20). The van der Waals surface area contributed by atoms with Crippen LogP contribution in [-0.4, -0.2) is 29.1 Å². The molecule has 1 aliphatic rings. The van der Waals surface area contributed by atoms with Crippen molar-refractivity contribution in [3.05, 3.63) is 41.3 Å². The van der Waals surface area contributed by atoms with Crippen LogP contribution >= 0.6 is 0 Å². The smallest absolute Gasteiger partial charge is 0.336 e. The van der Waals surface area contributed by atoms with Crippen molar-refractivity contribution >= 4 is 16.9 Å². The van der Waals surface area contributed by atoms with Crippen LogP contribution in [-0.2, 0) is 0 Å². The van der Waals surface area contributed by atoms with Crippen molar-refractivity contribution in [2.75, 3.05) is 13.1 Å². The Balaban J connectivity index is 2.15. The van der Waals surface area contributed by atoms with Crippen LogP contribution in [0.4, 0.5) is 4.39 Å². The molecule has 5 heteroatoms. The summed E-state index contributed by atoms with van der Waals surface area (Å²) in [5.41, 5.74) is 1.43. The van der Waals surface area contributed by atoms with Gasteiger partial charge in [-0.05, 0) is 43.7 Å². The van der Waals surface area contributed by atoms with Gasteiger partial charge in [-0.15, -0.1) is 0 Å². The molecule has 1 atom stereocenters. The number of pyridine rings is 1. The van der Waals surface area contributed by atoms with E-state index in [1.165, 1.54) is 18.2 Å². The Morgan fingerprint density at radius 3 is 2.95 bits per heavy atom. The molecule has 104 valence electrons. The van der Waals surface area contributed by atoms with Crippen LogP contribution in [0.1, 0.15) is 34.8 Å². The maximum atomic E-state index is 13.3. The van der Waals surface area contributed by atoms with E-state index in [0.717, 1.165) is 31.6 Å². The average Bonchev–Trinajstić information content (AvgIpc) is 2.47. The van der Waals surface area contributed by atoms with Gasteiger partial charge in [0.15, 0.2) is 0 Å². The third kappa shape index (κ3) is 2.36. The van der Waals surface area contributed by atoms with E-state index in [9.17, 15) is 14.3 Å². The molecular weight excluding hydrogens is 259 g/mol. The highest BCUT2D eigenvalue weighted by Gasteiger charge is 2.20. The fraction of sp³-hybridized carbons (Fsp3) is 0.333. The summed E-state index contributed by atoms with van der Waals surface area (Å²) < 4.78 is 13.3. The largest absolute Gasteiger partial charge is 0.478 e. The van der Waals surface area contributed by atoms with Crippen molar-refractivity contribution in [2.45, 2.75) is 18.8 Å². The molecule has 0 bridgehead atoms. The molecule has 1 aromatic carbocycles. The van der Waals surface area contributed by atoms with Gasteiger partial charge in [0, 0.05) is 23.5 Å². The number of carboxylic acids is 1. The highest BCUT2D eigenvalue weighted by atomic mass is 19.1. The number of aromatic carboxylic acids is 1. The Bertz CT molecular complexity index is 666. The van der Waals surface area contributed by atoms with E-state index < -0.39 is 11.8 Å². The molecular formula is C15H15FN2O2. The molecule has 3 rings (SSSR count). The molecule has 2 aromatic rings. The average molecular weight is 274 g/mol. The SMILES string of the molecule is O=C(O)c1cc(C2CCCNC2)nc2ccc(F)cc12. The lowest BCUT2D eigenvalue weighted by Crippen LogP contribution is -2.29. The summed E-state index contributed by atoms with van der Waals surface area (Å²) in [5, 5.41) is 13.0. The normalized spacial score (nSPS) is 19.1. The summed E-state index contributed by atoms with van der Waals surface area (Å²) in [7, 11) is 0. The molecule has 0 amide bonds. The van der Waals surface area contributed by atoms with Crippen molar-refractivity contribution in [2.24, 2.45) is 0 Å². The topological polar surface area (TPSA) is 62.2 Å². The number of carboxylic acid groups (broad SMARTS) is 1. The number of hydrogen-bond donors (Lipinski definition) is 2. The second-order valence-electron chi connectivity index (χ2n) is 5.10. The van der Waals surface area contributed by atoms with E-state index in [4.69, 9.17) is 0 Å². The minimum Gasteiger partial charge on any atom is -0.478 e. The van der Waals surface area contributed by atoms with Crippen LogP contribution in [0.3, 0.4) is 0 Å². The lowest BCUT2D eigenvalue weighted by Gasteiger charge is -2.22. The molecule has 1 aliphatic heterocycles. The van der Waals surface area contributed by atoms with Crippen LogP contribution in [0.25, 0.3) is 10.9 Å². The molecule has 4 nitrogen and oxygen atoms in total. The summed E-state index contributed by atoms with van der Waals surface area (Å²) in [4.78, 5) is 15.9. The number of carbonyl (C=O) groups is 1. The number of hydrogen-bond acceptors (Lipinski definition) is 3. The summed E-state index contributed by atoms with van der Waals surface area (Å²) >= 11 is 0. The van der Waals surface area contributed by atoms with Crippen LogP contribution in [0.15, 0.2) is 24.3 Å². The molecule has 20 heavy (non-hydrogen) atoms. The number of halogens is 1. The second-order valence-corrected chi connectivity index (χ2v) is 5.10. The third-order valence-electron chi connectivity index (χ3n) is 3.74. The molecule has 0 radical (unpaired) electrons. The van der Waals surface area contributed by atoms with E-state index in [2.05, 4.69) is 10.3 Å². The maximum Gasteiger partial charge on any atom is 0.336 e. The maximum absolute atomic E-state index is 13.3. The second kappa shape index (κ2) is 5.17. The molecule has 1 saturated heterocycles. The highest BCUT2D eigenvalue weighted by molar-refractivity contribution is 6.02. The molecule has 2 heterocycles. The number of aromatic nitrogens is 1. The summed E-state index contributed by atoms with van der Waals surface area (Å²) in [6.45, 7) is 1.79. The zero-order valence-electron chi connectivity index (χ0n) is 10.9. The number of benzene rings is 1. The molecule has 0 spiro atoms. The molecule has 1 aromatic heterocycles. The van der Waals surface area contributed by atoms with Gasteiger partial charge in [-0.3, -0.25) is 4.98 Å². The van der Waals surface area contributed by atoms with Gasteiger partial charge in [0.25, 0.3) is 0 Å². The molecule has 1 fully saturated rings. The van der Waals surface area contributed by atoms with Gasteiger partial charge in [-0.2, -0.15) is 0 Å². The zero-order chi connectivity index (χ0) is 14.1. The van der Waals surface area contributed by atoms with Gasteiger partial charge in [-0.25, -0.2) is 9.18 Å². The number of fused-ring (bicyclic) bond motifs is 1. The first kappa shape index (κ1) is 13.0. The van der Waals surface area contributed by atoms with Crippen molar-refractivity contribution in [1.82, 2.24) is 10.3 Å². The van der Waals surface area contributed by atoms with Gasteiger partial charge >= 0.3 is 5.97 Å². The van der Waals surface area contributed by atoms with Crippen LogP contribution in [0, 0.1) is 5.82 Å². The van der Waals surface area contributed by atoms with Crippen LogP contribution < -0.4 is 5.32 Å². The summed E-state index contributed by atoms with van der Waals surface area (Å²) in [6, 6.07) is 5.66. The Morgan fingerprint density at radius 1 is 1.40 bits per heavy atom. The van der Waals surface area contributed by atoms with Crippen LogP contribution in [0.2, 0.25) is 0 Å². The van der Waals surface area contributed by atoms with Crippen molar-refractivity contribution in [3.63, 3.8) is 0 Å². The minimum absolute atomic E-state index is 0.120. The van der Waals surface area contributed by atoms with Crippen molar-refractivity contribution in [3.8, 4) is 0 Å². The van der Waals surface area contributed by atoms with Crippen molar-refractivity contribution in [1.29, 1.82) is 0 Å². The summed E-state index contributed by atoms with van der Waals surface area (Å²) in [5.74, 6) is -1.28. The first-order valence-electron chi connectivity index (χ1n) is 6.69. The Hall–Kier alpha value is -2.01. The number of nitrogens with zero attached hydrogens (tertiary/aromatic N) is 1. The Kier molecular flexibility index (Phi) is 3.36. The van der Waals surface area contributed by atoms with Gasteiger partial charge in [0.1, 0.15) is 5.82 Å². The first-order chi connectivity index (χ1) is 9.65. The monoisotopic (exact) mass is 274 g/mol. The Labute approximate surface area is 115 Å². The molecule has 2 N–H and O–H groups in total. The lowest BCUT2D eigenvalue weighted by molar-refractivity contribution is 0.0699. The van der Waals surface area contributed by atoms with Gasteiger partial charge < -0.3 is 10.4 Å².